The summed E-state index contributed by atoms with van der Waals surface area (Å²) in [7, 11) is 0. The van der Waals surface area contributed by atoms with Crippen molar-refractivity contribution in [2.45, 2.75) is 32.5 Å². The summed E-state index contributed by atoms with van der Waals surface area (Å²) in [6.07, 6.45) is -1.05. The van der Waals surface area contributed by atoms with E-state index < -0.39 is 17.3 Å². The summed E-state index contributed by atoms with van der Waals surface area (Å²) >= 11 is 0. The summed E-state index contributed by atoms with van der Waals surface area (Å²) in [5.41, 5.74) is -0.984. The molecule has 1 aliphatic rings. The van der Waals surface area contributed by atoms with E-state index in [9.17, 15) is 14.7 Å². The first-order valence-electron chi connectivity index (χ1n) is 6.89. The molecule has 2 aromatic rings. The second kappa shape index (κ2) is 4.84. The zero-order chi connectivity index (χ0) is 16.1. The highest BCUT2D eigenvalue weighted by atomic mass is 16.6. The van der Waals surface area contributed by atoms with Gasteiger partial charge in [0.1, 0.15) is 12.2 Å². The number of carbonyl (C=O) groups excluding carboxylic acids is 1. The van der Waals surface area contributed by atoms with E-state index >= 15 is 0 Å². The number of carbonyl (C=O) groups is 1. The fourth-order valence-electron chi connectivity index (χ4n) is 2.64. The van der Waals surface area contributed by atoms with Crippen LogP contribution in [0.25, 0.3) is 11.0 Å². The lowest BCUT2D eigenvalue weighted by Crippen LogP contribution is -2.50. The first kappa shape index (κ1) is 14.6. The van der Waals surface area contributed by atoms with Gasteiger partial charge >= 0.3 is 5.63 Å². The smallest absolute Gasteiger partial charge is 0.336 e. The van der Waals surface area contributed by atoms with Gasteiger partial charge in [0, 0.05) is 11.5 Å². The minimum Gasteiger partial charge on any atom is -0.483 e. The van der Waals surface area contributed by atoms with E-state index in [1.54, 1.807) is 19.1 Å². The van der Waals surface area contributed by atoms with E-state index in [-0.39, 0.29) is 29.5 Å². The van der Waals surface area contributed by atoms with Crippen LogP contribution in [-0.2, 0) is 4.79 Å². The number of rotatable bonds is 1. The average Bonchev–Trinajstić information content (AvgIpc) is 2.55. The van der Waals surface area contributed by atoms with Crippen LogP contribution in [0.1, 0.15) is 19.4 Å². The maximum atomic E-state index is 11.7. The summed E-state index contributed by atoms with van der Waals surface area (Å²) < 4.78 is 16.5. The number of aryl methyl sites for hydroxylation is 1. The van der Waals surface area contributed by atoms with Crippen molar-refractivity contribution in [3.05, 3.63) is 34.2 Å². The van der Waals surface area contributed by atoms with Crippen molar-refractivity contribution in [1.29, 1.82) is 0 Å². The van der Waals surface area contributed by atoms with Crippen LogP contribution in [-0.4, -0.2) is 29.2 Å². The SMILES string of the molecule is CC(=O)[C@@H]1Oc2ccc3c(C)cc(=O)oc3c2OC[C@]1(C)O. The summed E-state index contributed by atoms with van der Waals surface area (Å²) in [5.74, 6) is 0.175. The van der Waals surface area contributed by atoms with Gasteiger partial charge in [0.25, 0.3) is 0 Å². The molecular formula is C16H16O6. The Morgan fingerprint density at radius 1 is 1.41 bits per heavy atom. The van der Waals surface area contributed by atoms with E-state index in [2.05, 4.69) is 0 Å². The van der Waals surface area contributed by atoms with Gasteiger partial charge in [-0.1, -0.05) is 0 Å². The van der Waals surface area contributed by atoms with Gasteiger partial charge in [-0.05, 0) is 38.5 Å². The Balaban J connectivity index is 2.23. The van der Waals surface area contributed by atoms with E-state index in [4.69, 9.17) is 13.9 Å². The van der Waals surface area contributed by atoms with Crippen molar-refractivity contribution >= 4 is 16.8 Å². The minimum absolute atomic E-state index is 0.152. The van der Waals surface area contributed by atoms with Gasteiger partial charge in [-0.3, -0.25) is 4.79 Å². The maximum Gasteiger partial charge on any atom is 0.336 e. The van der Waals surface area contributed by atoms with Crippen molar-refractivity contribution in [2.24, 2.45) is 0 Å². The van der Waals surface area contributed by atoms with Crippen molar-refractivity contribution < 1.29 is 23.8 Å². The number of benzene rings is 1. The number of ether oxygens (including phenoxy) is 2. The molecule has 1 aliphatic heterocycles. The number of aliphatic hydroxyl groups is 1. The molecule has 2 heterocycles. The highest BCUT2D eigenvalue weighted by Crippen LogP contribution is 2.40. The highest BCUT2D eigenvalue weighted by Gasteiger charge is 2.41. The van der Waals surface area contributed by atoms with Gasteiger partial charge in [-0.15, -0.1) is 0 Å². The lowest BCUT2D eigenvalue weighted by atomic mass is 9.97. The lowest BCUT2D eigenvalue weighted by Gasteiger charge is -2.27. The number of hydrogen-bond acceptors (Lipinski definition) is 6. The molecule has 1 aromatic carbocycles. The summed E-state index contributed by atoms with van der Waals surface area (Å²) in [6.45, 7) is 4.45. The van der Waals surface area contributed by atoms with E-state index in [0.717, 1.165) is 5.56 Å². The van der Waals surface area contributed by atoms with E-state index in [0.29, 0.717) is 5.39 Å². The molecule has 0 bridgehead atoms. The van der Waals surface area contributed by atoms with Gasteiger partial charge in [0.15, 0.2) is 23.2 Å². The second-order valence-electron chi connectivity index (χ2n) is 5.77. The molecule has 0 spiro atoms. The Morgan fingerprint density at radius 2 is 2.14 bits per heavy atom. The molecule has 0 amide bonds. The minimum atomic E-state index is -1.48. The molecule has 0 radical (unpaired) electrons. The Kier molecular flexibility index (Phi) is 3.21. The Morgan fingerprint density at radius 3 is 2.82 bits per heavy atom. The fourth-order valence-corrected chi connectivity index (χ4v) is 2.64. The van der Waals surface area contributed by atoms with Gasteiger partial charge < -0.3 is 19.0 Å². The van der Waals surface area contributed by atoms with Crippen LogP contribution < -0.4 is 15.1 Å². The molecule has 116 valence electrons. The second-order valence-corrected chi connectivity index (χ2v) is 5.77. The summed E-state index contributed by atoms with van der Waals surface area (Å²) in [4.78, 5) is 23.3. The van der Waals surface area contributed by atoms with Crippen LogP contribution in [0.15, 0.2) is 27.4 Å². The molecule has 1 aromatic heterocycles. The normalized spacial score (nSPS) is 24.1. The van der Waals surface area contributed by atoms with Gasteiger partial charge in [0.05, 0.1) is 0 Å². The molecule has 0 saturated carbocycles. The third kappa shape index (κ3) is 2.25. The zero-order valence-electron chi connectivity index (χ0n) is 12.5. The van der Waals surface area contributed by atoms with Crippen molar-refractivity contribution in [2.75, 3.05) is 6.61 Å². The van der Waals surface area contributed by atoms with Gasteiger partial charge in [0.2, 0.25) is 5.75 Å². The van der Waals surface area contributed by atoms with Gasteiger partial charge in [-0.2, -0.15) is 0 Å². The van der Waals surface area contributed by atoms with Crippen LogP contribution >= 0.6 is 0 Å². The van der Waals surface area contributed by atoms with Crippen LogP contribution in [0.3, 0.4) is 0 Å². The Bertz CT molecular complexity index is 817. The zero-order valence-corrected chi connectivity index (χ0v) is 12.5. The van der Waals surface area contributed by atoms with Crippen molar-refractivity contribution in [3.8, 4) is 11.5 Å². The molecule has 0 aliphatic carbocycles. The van der Waals surface area contributed by atoms with Crippen LogP contribution in [0.2, 0.25) is 0 Å². The quantitative estimate of drug-likeness (QED) is 0.805. The summed E-state index contributed by atoms with van der Waals surface area (Å²) in [6, 6.07) is 4.76. The molecular weight excluding hydrogens is 288 g/mol. The number of ketones is 1. The highest BCUT2D eigenvalue weighted by molar-refractivity contribution is 5.88. The fraction of sp³-hybridized carbons (Fsp3) is 0.375. The third-order valence-corrected chi connectivity index (χ3v) is 3.73. The molecule has 6 heteroatoms. The maximum absolute atomic E-state index is 11.7. The van der Waals surface area contributed by atoms with Crippen molar-refractivity contribution in [3.63, 3.8) is 0 Å². The number of hydrogen-bond donors (Lipinski definition) is 1. The molecule has 6 nitrogen and oxygen atoms in total. The summed E-state index contributed by atoms with van der Waals surface area (Å²) in [5, 5.41) is 11.1. The number of fused-ring (bicyclic) bond motifs is 3. The van der Waals surface area contributed by atoms with Crippen LogP contribution in [0.4, 0.5) is 0 Å². The molecule has 2 atom stereocenters. The standard InChI is InChI=1S/C16H16O6/c1-8-6-12(18)22-13-10(8)4-5-11-14(13)20-7-16(3,19)15(21-11)9(2)17/h4-6,15,19H,7H2,1-3H3/t15-,16-/m0/s1. The topological polar surface area (TPSA) is 86.0 Å². The molecule has 22 heavy (non-hydrogen) atoms. The lowest BCUT2D eigenvalue weighted by molar-refractivity contribution is -0.137. The van der Waals surface area contributed by atoms with E-state index in [1.807, 2.05) is 0 Å². The predicted octanol–water partition coefficient (Wildman–Crippen LogP) is 1.58. The Labute approximate surface area is 126 Å². The largest absolute Gasteiger partial charge is 0.483 e. The average molecular weight is 304 g/mol. The Hall–Kier alpha value is -2.34. The van der Waals surface area contributed by atoms with Gasteiger partial charge in [-0.25, -0.2) is 4.79 Å². The molecule has 1 N–H and O–H groups in total. The number of Topliss-reactive ketones (excluding diaryl/α,β-unsaturated/α-hetero) is 1. The first-order valence-corrected chi connectivity index (χ1v) is 6.89. The van der Waals surface area contributed by atoms with Crippen LogP contribution in [0, 0.1) is 6.92 Å². The predicted molar refractivity (Wildman–Crippen MR) is 78.4 cm³/mol. The molecule has 3 rings (SSSR count). The van der Waals surface area contributed by atoms with Crippen molar-refractivity contribution in [1.82, 2.24) is 0 Å². The molecule has 0 saturated heterocycles. The van der Waals surface area contributed by atoms with Crippen LogP contribution in [0.5, 0.6) is 11.5 Å². The third-order valence-electron chi connectivity index (χ3n) is 3.73. The monoisotopic (exact) mass is 304 g/mol. The molecule has 0 unspecified atom stereocenters. The molecule has 0 fully saturated rings. The first-order chi connectivity index (χ1) is 10.3. The van der Waals surface area contributed by atoms with E-state index in [1.165, 1.54) is 19.9 Å².